The molecule has 4 aromatic rings. The van der Waals surface area contributed by atoms with E-state index in [1.165, 1.54) is 33.0 Å². The van der Waals surface area contributed by atoms with Crippen molar-refractivity contribution in [1.29, 1.82) is 0 Å². The molecular weight excluding hydrogens is 704 g/mol. The normalized spacial score (nSPS) is 17.2. The number of hydrogen-bond acceptors (Lipinski definition) is 6. The van der Waals surface area contributed by atoms with Crippen molar-refractivity contribution in [1.82, 2.24) is 25.1 Å². The van der Waals surface area contributed by atoms with Gasteiger partial charge < -0.3 is 16.2 Å². The van der Waals surface area contributed by atoms with Gasteiger partial charge in [0.25, 0.3) is 11.8 Å². The second kappa shape index (κ2) is 13.6. The average molecular weight is 735 g/mol. The predicted octanol–water partition coefficient (Wildman–Crippen LogP) is 5.94. The first-order chi connectivity index (χ1) is 24.1. The Morgan fingerprint density at radius 3 is 2.33 bits per heavy atom. The molecule has 274 valence electrons. The van der Waals surface area contributed by atoms with Crippen molar-refractivity contribution < 1.29 is 49.8 Å². The Morgan fingerprint density at radius 2 is 1.73 bits per heavy atom. The van der Waals surface area contributed by atoms with E-state index in [1.54, 1.807) is 0 Å². The second-order valence-corrected chi connectivity index (χ2v) is 12.9. The van der Waals surface area contributed by atoms with Crippen molar-refractivity contribution in [2.24, 2.45) is 11.7 Å². The lowest BCUT2D eigenvalue weighted by Gasteiger charge is -2.23. The average Bonchev–Trinajstić information content (AvgIpc) is 3.49. The van der Waals surface area contributed by atoms with E-state index in [-0.39, 0.29) is 32.9 Å². The maximum atomic E-state index is 15.4. The third-order valence-corrected chi connectivity index (χ3v) is 8.51. The Labute approximate surface area is 291 Å². The number of fused-ring (bicyclic) bond motifs is 1. The maximum Gasteiger partial charge on any atom is 0.435 e. The van der Waals surface area contributed by atoms with Crippen LogP contribution in [0.2, 0.25) is 0 Å². The zero-order chi connectivity index (χ0) is 38.5. The summed E-state index contributed by atoms with van der Waals surface area (Å²) in [4.78, 5) is 34.2. The number of rotatable bonds is 8. The van der Waals surface area contributed by atoms with Gasteiger partial charge in [-0.15, -0.1) is 0 Å². The van der Waals surface area contributed by atoms with Crippen LogP contribution in [0.4, 0.5) is 35.1 Å². The van der Waals surface area contributed by atoms with Crippen molar-refractivity contribution in [3.05, 3.63) is 99.6 Å². The number of nitrogens with two attached hydrogens (primary N) is 1. The number of amides is 2. The standard InChI is InChI=1S/C35H30F8N6O3/c1-16-17(2)34(39,40)31-28(16)30(35(41,42)43)48-49(31)15-27(50)46-25(11-18-9-20(36)13-21(37)10-18)29-23(14-45-26(47-29)7-8-33(3,4)52)19-5-6-24(38)22(12-19)32(44)51/h5-6,9-10,12-14,16-17,25,52H,11,15H2,1-4H3,(H2,44,51)(H,46,50)/t16-,17+,25-/m0/s1. The molecule has 2 amide bonds. The quantitative estimate of drug-likeness (QED) is 0.152. The molecule has 0 spiro atoms. The smallest absolute Gasteiger partial charge is 0.378 e. The van der Waals surface area contributed by atoms with Gasteiger partial charge in [0.15, 0.2) is 5.69 Å². The van der Waals surface area contributed by atoms with Crippen molar-refractivity contribution >= 4 is 11.8 Å². The lowest BCUT2D eigenvalue weighted by molar-refractivity contribution is -0.143. The van der Waals surface area contributed by atoms with E-state index in [2.05, 4.69) is 32.2 Å². The molecule has 1 aliphatic carbocycles. The first-order valence-corrected chi connectivity index (χ1v) is 15.6. The molecule has 1 aliphatic rings. The topological polar surface area (TPSA) is 136 Å². The van der Waals surface area contributed by atoms with Crippen LogP contribution >= 0.6 is 0 Å². The molecule has 5 rings (SSSR count). The Morgan fingerprint density at radius 1 is 1.08 bits per heavy atom. The van der Waals surface area contributed by atoms with Crippen LogP contribution in [0.3, 0.4) is 0 Å². The maximum absolute atomic E-state index is 15.4. The van der Waals surface area contributed by atoms with Gasteiger partial charge in [-0.3, -0.25) is 14.3 Å². The SMILES string of the molecule is C[C@@H]1c2c(C(F)(F)F)nn(CC(=O)N[C@@H](Cc3cc(F)cc(F)c3)c3nc(C#CC(C)(C)O)ncc3-c3ccc(F)c(C(N)=O)c3)c2C(F)(F)[C@@H]1C. The van der Waals surface area contributed by atoms with E-state index < -0.39 is 100 Å². The third-order valence-electron chi connectivity index (χ3n) is 8.51. The van der Waals surface area contributed by atoms with Crippen LogP contribution in [0.15, 0.2) is 42.6 Å². The van der Waals surface area contributed by atoms with Crippen molar-refractivity contribution in [2.75, 3.05) is 0 Å². The Hall–Kier alpha value is -5.37. The van der Waals surface area contributed by atoms with Gasteiger partial charge in [-0.05, 0) is 67.5 Å². The van der Waals surface area contributed by atoms with Crippen LogP contribution in [0, 0.1) is 35.2 Å². The number of nitrogens with one attached hydrogen (secondary N) is 1. The minimum absolute atomic E-state index is 0.00649. The van der Waals surface area contributed by atoms with Crippen molar-refractivity contribution in [3.63, 3.8) is 0 Å². The van der Waals surface area contributed by atoms with Crippen molar-refractivity contribution in [2.45, 2.75) is 70.3 Å². The molecule has 52 heavy (non-hydrogen) atoms. The summed E-state index contributed by atoms with van der Waals surface area (Å²) in [6.07, 6.45) is -4.42. The highest BCUT2D eigenvalue weighted by Gasteiger charge is 2.57. The number of primary amides is 1. The highest BCUT2D eigenvalue weighted by molar-refractivity contribution is 5.94. The van der Waals surface area contributed by atoms with Gasteiger partial charge in [0.1, 0.15) is 35.3 Å². The molecule has 0 aliphatic heterocycles. The molecule has 4 N–H and O–H groups in total. The van der Waals surface area contributed by atoms with Gasteiger partial charge in [0.2, 0.25) is 11.7 Å². The van der Waals surface area contributed by atoms with Crippen molar-refractivity contribution in [3.8, 4) is 23.0 Å². The van der Waals surface area contributed by atoms with Gasteiger partial charge in [-0.25, -0.2) is 23.1 Å². The number of aliphatic hydroxyl groups is 1. The molecule has 2 aromatic carbocycles. The lowest BCUT2D eigenvalue weighted by Crippen LogP contribution is -2.35. The monoisotopic (exact) mass is 734 g/mol. The number of nitrogens with zero attached hydrogens (tertiary/aromatic N) is 4. The number of alkyl halides is 5. The molecule has 2 heterocycles. The van der Waals surface area contributed by atoms with E-state index >= 15 is 8.78 Å². The molecule has 3 atom stereocenters. The molecular formula is C35H30F8N6O3. The molecule has 9 nitrogen and oxygen atoms in total. The van der Waals surface area contributed by atoms with E-state index in [1.807, 2.05) is 0 Å². The Balaban J connectivity index is 1.66. The fraction of sp³-hybridized carbons (Fsp3) is 0.343. The summed E-state index contributed by atoms with van der Waals surface area (Å²) in [5.41, 5.74) is -0.260. The largest absolute Gasteiger partial charge is 0.435 e. The number of carbonyl (C=O) groups is 2. The molecule has 0 unspecified atom stereocenters. The Kier molecular flexibility index (Phi) is 9.93. The summed E-state index contributed by atoms with van der Waals surface area (Å²) in [7, 11) is 0. The van der Waals surface area contributed by atoms with Gasteiger partial charge in [0.05, 0.1) is 17.3 Å². The van der Waals surface area contributed by atoms with Gasteiger partial charge in [0, 0.05) is 29.3 Å². The van der Waals surface area contributed by atoms with E-state index in [9.17, 15) is 41.0 Å². The summed E-state index contributed by atoms with van der Waals surface area (Å²) in [5, 5.41) is 16.0. The minimum Gasteiger partial charge on any atom is -0.378 e. The molecule has 17 heteroatoms. The van der Waals surface area contributed by atoms with Crippen LogP contribution in [0.25, 0.3) is 11.1 Å². The molecule has 0 saturated heterocycles. The van der Waals surface area contributed by atoms with Crippen LogP contribution < -0.4 is 11.1 Å². The summed E-state index contributed by atoms with van der Waals surface area (Å²) >= 11 is 0. The molecule has 2 aromatic heterocycles. The van der Waals surface area contributed by atoms with Crippen LogP contribution in [0.5, 0.6) is 0 Å². The number of carbonyl (C=O) groups excluding carboxylic acids is 2. The predicted molar refractivity (Wildman–Crippen MR) is 169 cm³/mol. The van der Waals surface area contributed by atoms with Crippen LogP contribution in [-0.4, -0.2) is 42.3 Å². The first kappa shape index (κ1) is 37.9. The summed E-state index contributed by atoms with van der Waals surface area (Å²) in [6.45, 7) is 3.87. The highest BCUT2D eigenvalue weighted by Crippen LogP contribution is 2.55. The molecule has 0 bridgehead atoms. The summed E-state index contributed by atoms with van der Waals surface area (Å²) in [5.74, 6) is -7.09. The zero-order valence-electron chi connectivity index (χ0n) is 27.8. The third kappa shape index (κ3) is 7.76. The lowest BCUT2D eigenvalue weighted by atomic mass is 9.94. The fourth-order valence-electron chi connectivity index (χ4n) is 5.95. The summed E-state index contributed by atoms with van der Waals surface area (Å²) < 4.78 is 116. The van der Waals surface area contributed by atoms with Gasteiger partial charge in [-0.1, -0.05) is 25.8 Å². The molecule has 0 fully saturated rings. The number of halogens is 8. The zero-order valence-corrected chi connectivity index (χ0v) is 27.8. The van der Waals surface area contributed by atoms with Gasteiger partial charge in [-0.2, -0.15) is 27.1 Å². The highest BCUT2D eigenvalue weighted by atomic mass is 19.4. The number of benzene rings is 2. The van der Waals surface area contributed by atoms with Gasteiger partial charge >= 0.3 is 6.18 Å². The van der Waals surface area contributed by atoms with E-state index in [4.69, 9.17) is 5.73 Å². The second-order valence-electron chi connectivity index (χ2n) is 12.9. The number of aromatic nitrogens is 4. The Bertz CT molecular complexity index is 2110. The van der Waals surface area contributed by atoms with Crippen LogP contribution in [0.1, 0.15) is 84.0 Å². The molecule has 0 radical (unpaired) electrons. The van der Waals surface area contributed by atoms with E-state index in [0.29, 0.717) is 6.07 Å². The van der Waals surface area contributed by atoms with E-state index in [0.717, 1.165) is 31.2 Å². The minimum atomic E-state index is -5.13. The number of hydrogen-bond donors (Lipinski definition) is 3. The fourth-order valence-corrected chi connectivity index (χ4v) is 5.95. The van der Waals surface area contributed by atoms with Crippen LogP contribution in [-0.2, 0) is 29.9 Å². The molecule has 0 saturated carbocycles. The summed E-state index contributed by atoms with van der Waals surface area (Å²) in [6, 6.07) is 4.17. The first-order valence-electron chi connectivity index (χ1n) is 15.6.